The number of sulfonamides is 1. The number of anilines is 2. The van der Waals surface area contributed by atoms with Gasteiger partial charge in [-0.3, -0.25) is 4.79 Å². The third-order valence-electron chi connectivity index (χ3n) is 4.34. The van der Waals surface area contributed by atoms with E-state index in [0.29, 0.717) is 22.7 Å². The van der Waals surface area contributed by atoms with Crippen molar-refractivity contribution >= 4 is 38.1 Å². The first kappa shape index (κ1) is 19.7. The van der Waals surface area contributed by atoms with E-state index in [1.165, 1.54) is 19.2 Å². The van der Waals surface area contributed by atoms with Crippen LogP contribution in [-0.4, -0.2) is 35.5 Å². The van der Waals surface area contributed by atoms with E-state index in [-0.39, 0.29) is 4.90 Å². The highest BCUT2D eigenvalue weighted by atomic mass is 32.2. The van der Waals surface area contributed by atoms with Crippen molar-refractivity contribution in [2.75, 3.05) is 31.4 Å². The van der Waals surface area contributed by atoms with Crippen molar-refractivity contribution in [1.29, 1.82) is 0 Å². The number of benzene rings is 3. The highest BCUT2D eigenvalue weighted by Gasteiger charge is 2.18. The summed E-state index contributed by atoms with van der Waals surface area (Å²) < 4.78 is 28.8. The van der Waals surface area contributed by atoms with E-state index in [9.17, 15) is 13.2 Å². The second kappa shape index (κ2) is 7.49. The average Bonchev–Trinajstić information content (AvgIpc) is 2.65. The SMILES string of the molecule is COc1cc2ccccc2cc1C(=O)Nc1cc(S(N)(=O)=O)ccc1N(C)C. The van der Waals surface area contributed by atoms with Crippen molar-refractivity contribution in [3.8, 4) is 5.75 Å². The van der Waals surface area contributed by atoms with Gasteiger partial charge in [0.05, 0.1) is 28.9 Å². The van der Waals surface area contributed by atoms with Crippen LogP contribution in [0.3, 0.4) is 0 Å². The Morgan fingerprint density at radius 1 is 1.04 bits per heavy atom. The molecule has 0 atom stereocenters. The lowest BCUT2D eigenvalue weighted by Gasteiger charge is -2.19. The third-order valence-corrected chi connectivity index (χ3v) is 5.25. The first-order valence-corrected chi connectivity index (χ1v) is 9.97. The van der Waals surface area contributed by atoms with Gasteiger partial charge in [-0.2, -0.15) is 0 Å². The van der Waals surface area contributed by atoms with Gasteiger partial charge in [-0.1, -0.05) is 24.3 Å². The molecule has 28 heavy (non-hydrogen) atoms. The van der Waals surface area contributed by atoms with Crippen molar-refractivity contribution in [3.63, 3.8) is 0 Å². The summed E-state index contributed by atoms with van der Waals surface area (Å²) in [6, 6.07) is 15.5. The molecule has 3 aromatic carbocycles. The standard InChI is InChI=1S/C20H21N3O4S/c1-23(2)18-9-8-15(28(21,25)26)12-17(18)22-20(24)16-10-13-6-4-5-7-14(13)11-19(16)27-3/h4-12H,1-3H3,(H,22,24)(H2,21,25,26). The number of nitrogens with zero attached hydrogens (tertiary/aromatic N) is 1. The molecule has 3 aromatic rings. The molecule has 0 saturated carbocycles. The zero-order valence-corrected chi connectivity index (χ0v) is 16.6. The Labute approximate surface area is 163 Å². The average molecular weight is 399 g/mol. The Balaban J connectivity index is 2.06. The fraction of sp³-hybridized carbons (Fsp3) is 0.150. The van der Waals surface area contributed by atoms with Crippen LogP contribution in [0.2, 0.25) is 0 Å². The molecule has 0 bridgehead atoms. The molecule has 3 rings (SSSR count). The summed E-state index contributed by atoms with van der Waals surface area (Å²) in [7, 11) is 1.17. The number of primary sulfonamides is 1. The minimum absolute atomic E-state index is 0.0844. The van der Waals surface area contributed by atoms with Gasteiger partial charge in [0, 0.05) is 14.1 Å². The number of fused-ring (bicyclic) bond motifs is 1. The summed E-state index contributed by atoms with van der Waals surface area (Å²) in [5.74, 6) is 0.00229. The molecule has 0 aliphatic heterocycles. The van der Waals surface area contributed by atoms with E-state index in [4.69, 9.17) is 9.88 Å². The van der Waals surface area contributed by atoms with E-state index in [1.807, 2.05) is 24.3 Å². The molecule has 3 N–H and O–H groups in total. The third kappa shape index (κ3) is 3.92. The number of carbonyl (C=O) groups excluding carboxylic acids is 1. The molecule has 0 heterocycles. The summed E-state index contributed by atoms with van der Waals surface area (Å²) in [6.07, 6.45) is 0. The quantitative estimate of drug-likeness (QED) is 0.687. The molecule has 8 heteroatoms. The molecule has 146 valence electrons. The molecule has 0 aliphatic carbocycles. The van der Waals surface area contributed by atoms with Gasteiger partial charge in [0.2, 0.25) is 10.0 Å². The number of hydrogen-bond acceptors (Lipinski definition) is 5. The minimum Gasteiger partial charge on any atom is -0.496 e. The highest BCUT2D eigenvalue weighted by molar-refractivity contribution is 7.89. The predicted molar refractivity (Wildman–Crippen MR) is 111 cm³/mol. The highest BCUT2D eigenvalue weighted by Crippen LogP contribution is 2.30. The lowest BCUT2D eigenvalue weighted by molar-refractivity contribution is 0.102. The summed E-state index contributed by atoms with van der Waals surface area (Å²) in [5, 5.41) is 9.84. The second-order valence-electron chi connectivity index (χ2n) is 6.47. The van der Waals surface area contributed by atoms with Gasteiger partial charge in [0.1, 0.15) is 5.75 Å². The number of nitrogens with one attached hydrogen (secondary N) is 1. The maximum absolute atomic E-state index is 13.0. The molecular formula is C20H21N3O4S. The summed E-state index contributed by atoms with van der Waals surface area (Å²) in [6.45, 7) is 0. The molecule has 7 nitrogen and oxygen atoms in total. The van der Waals surface area contributed by atoms with Crippen LogP contribution in [0.15, 0.2) is 59.5 Å². The van der Waals surface area contributed by atoms with Gasteiger partial charge in [-0.05, 0) is 41.1 Å². The Kier molecular flexibility index (Phi) is 5.26. The summed E-state index contributed by atoms with van der Waals surface area (Å²) >= 11 is 0. The van der Waals surface area contributed by atoms with Crippen LogP contribution in [-0.2, 0) is 10.0 Å². The van der Waals surface area contributed by atoms with Crippen molar-refractivity contribution in [1.82, 2.24) is 0 Å². The molecule has 0 unspecified atom stereocenters. The maximum Gasteiger partial charge on any atom is 0.259 e. The molecule has 0 aromatic heterocycles. The molecule has 0 fully saturated rings. The Morgan fingerprint density at radius 3 is 2.25 bits per heavy atom. The Hall–Kier alpha value is -3.10. The van der Waals surface area contributed by atoms with Crippen molar-refractivity contribution in [2.24, 2.45) is 5.14 Å². The van der Waals surface area contributed by atoms with Crippen molar-refractivity contribution in [2.45, 2.75) is 4.90 Å². The zero-order valence-electron chi connectivity index (χ0n) is 15.8. The monoisotopic (exact) mass is 399 g/mol. The van der Waals surface area contributed by atoms with Gasteiger partial charge in [0.25, 0.3) is 5.91 Å². The maximum atomic E-state index is 13.0. The van der Waals surface area contributed by atoms with Gasteiger partial charge < -0.3 is 15.0 Å². The van der Waals surface area contributed by atoms with Gasteiger partial charge in [0.15, 0.2) is 0 Å². The van der Waals surface area contributed by atoms with E-state index in [1.54, 1.807) is 37.2 Å². The Morgan fingerprint density at radius 2 is 1.68 bits per heavy atom. The molecule has 0 saturated heterocycles. The zero-order chi connectivity index (χ0) is 20.5. The van der Waals surface area contributed by atoms with Crippen LogP contribution in [0.1, 0.15) is 10.4 Å². The van der Waals surface area contributed by atoms with E-state index >= 15 is 0 Å². The first-order valence-electron chi connectivity index (χ1n) is 8.43. The van der Waals surface area contributed by atoms with Crippen LogP contribution in [0, 0.1) is 0 Å². The number of ether oxygens (including phenoxy) is 1. The van der Waals surface area contributed by atoms with Gasteiger partial charge in [-0.25, -0.2) is 13.6 Å². The number of rotatable bonds is 5. The molecule has 0 radical (unpaired) electrons. The first-order chi connectivity index (χ1) is 13.2. The molecule has 0 spiro atoms. The number of nitrogens with two attached hydrogens (primary N) is 1. The lowest BCUT2D eigenvalue weighted by atomic mass is 10.1. The number of carbonyl (C=O) groups is 1. The number of methoxy groups -OCH3 is 1. The smallest absolute Gasteiger partial charge is 0.259 e. The van der Waals surface area contributed by atoms with Crippen LogP contribution in [0.4, 0.5) is 11.4 Å². The fourth-order valence-corrected chi connectivity index (χ4v) is 3.48. The largest absolute Gasteiger partial charge is 0.496 e. The molecular weight excluding hydrogens is 378 g/mol. The molecule has 0 aliphatic rings. The van der Waals surface area contributed by atoms with E-state index < -0.39 is 15.9 Å². The van der Waals surface area contributed by atoms with Gasteiger partial charge in [-0.15, -0.1) is 0 Å². The summed E-state index contributed by atoms with van der Waals surface area (Å²) in [5.41, 5.74) is 1.31. The van der Waals surface area contributed by atoms with Crippen molar-refractivity contribution < 1.29 is 17.9 Å². The lowest BCUT2D eigenvalue weighted by Crippen LogP contribution is -2.19. The normalized spacial score (nSPS) is 11.3. The molecule has 1 amide bonds. The minimum atomic E-state index is -3.90. The van der Waals surface area contributed by atoms with Crippen LogP contribution < -0.4 is 20.1 Å². The topological polar surface area (TPSA) is 102 Å². The van der Waals surface area contributed by atoms with Crippen LogP contribution >= 0.6 is 0 Å². The predicted octanol–water partition coefficient (Wildman–Crippen LogP) is 2.81. The van der Waals surface area contributed by atoms with Crippen LogP contribution in [0.5, 0.6) is 5.75 Å². The van der Waals surface area contributed by atoms with Crippen molar-refractivity contribution in [3.05, 3.63) is 60.2 Å². The summed E-state index contributed by atoms with van der Waals surface area (Å²) in [4.78, 5) is 14.7. The van der Waals surface area contributed by atoms with E-state index in [0.717, 1.165) is 10.8 Å². The van der Waals surface area contributed by atoms with Crippen LogP contribution in [0.25, 0.3) is 10.8 Å². The second-order valence-corrected chi connectivity index (χ2v) is 8.03. The van der Waals surface area contributed by atoms with Gasteiger partial charge >= 0.3 is 0 Å². The fourth-order valence-electron chi connectivity index (χ4n) is 2.94. The number of hydrogen-bond donors (Lipinski definition) is 2. The van der Waals surface area contributed by atoms with E-state index in [2.05, 4.69) is 5.32 Å². The Bertz CT molecular complexity index is 1160. The number of amides is 1.